The number of benzene rings is 2. The highest BCUT2D eigenvalue weighted by atomic mass is 32.2. The van der Waals surface area contributed by atoms with Crippen LogP contribution in [0.5, 0.6) is 0 Å². The number of H-pyrrole nitrogens is 1. The Hall–Kier alpha value is -3.06. The molecule has 0 saturated carbocycles. The van der Waals surface area contributed by atoms with Crippen LogP contribution in [0.4, 0.5) is 0 Å². The molecule has 0 amide bonds. The molecule has 7 heteroatoms. The van der Waals surface area contributed by atoms with Gasteiger partial charge in [-0.2, -0.15) is 0 Å². The Morgan fingerprint density at radius 3 is 2.50 bits per heavy atom. The van der Waals surface area contributed by atoms with Crippen LogP contribution in [0.25, 0.3) is 22.2 Å². The zero-order valence-corrected chi connectivity index (χ0v) is 16.5. The van der Waals surface area contributed by atoms with Crippen LogP contribution in [-0.2, 0) is 13.6 Å². The number of ketones is 1. The van der Waals surface area contributed by atoms with Gasteiger partial charge in [-0.05, 0) is 18.6 Å². The van der Waals surface area contributed by atoms with Crippen LogP contribution < -0.4 is 5.69 Å². The molecular weight excluding hydrogens is 372 g/mol. The quantitative estimate of drug-likeness (QED) is 0.401. The van der Waals surface area contributed by atoms with Crippen molar-refractivity contribution in [2.75, 3.05) is 5.75 Å². The maximum absolute atomic E-state index is 13.3. The molecule has 0 aliphatic carbocycles. The van der Waals surface area contributed by atoms with Gasteiger partial charge in [0.25, 0.3) is 0 Å². The molecule has 4 aromatic rings. The standard InChI is InChI=1S/C21H20N4O2S/c1-3-25-16-12-8-7-11-15(16)18(19(25)14-9-5-4-6-10-14)17(26)13-28-21-23-22-20(27)24(21)2/h4-12H,3,13H2,1-2H3,(H,22,27). The highest BCUT2D eigenvalue weighted by molar-refractivity contribution is 7.99. The minimum atomic E-state index is -0.289. The second-order valence-corrected chi connectivity index (χ2v) is 7.38. The summed E-state index contributed by atoms with van der Waals surface area (Å²) in [4.78, 5) is 24.9. The fourth-order valence-corrected chi connectivity index (χ4v) is 4.27. The lowest BCUT2D eigenvalue weighted by atomic mass is 10.0. The smallest absolute Gasteiger partial charge is 0.340 e. The summed E-state index contributed by atoms with van der Waals surface area (Å²) in [5, 5.41) is 7.83. The van der Waals surface area contributed by atoms with Crippen molar-refractivity contribution in [2.24, 2.45) is 7.05 Å². The van der Waals surface area contributed by atoms with E-state index in [1.807, 2.05) is 54.6 Å². The fourth-order valence-electron chi connectivity index (χ4n) is 3.47. The maximum Gasteiger partial charge on any atom is 0.343 e. The molecule has 0 fully saturated rings. The summed E-state index contributed by atoms with van der Waals surface area (Å²) in [5.74, 6) is 0.220. The molecule has 142 valence electrons. The van der Waals surface area contributed by atoms with E-state index in [4.69, 9.17) is 0 Å². The van der Waals surface area contributed by atoms with Crippen LogP contribution in [0.2, 0.25) is 0 Å². The monoisotopic (exact) mass is 392 g/mol. The maximum atomic E-state index is 13.3. The van der Waals surface area contributed by atoms with E-state index in [1.54, 1.807) is 7.05 Å². The van der Waals surface area contributed by atoms with Crippen molar-refractivity contribution in [3.05, 3.63) is 70.6 Å². The molecule has 0 bridgehead atoms. The number of hydrogen-bond acceptors (Lipinski definition) is 4. The summed E-state index contributed by atoms with van der Waals surface area (Å²) >= 11 is 1.26. The molecule has 0 atom stereocenters. The van der Waals surface area contributed by atoms with Gasteiger partial charge in [0.1, 0.15) is 0 Å². The Morgan fingerprint density at radius 2 is 1.82 bits per heavy atom. The van der Waals surface area contributed by atoms with Crippen LogP contribution in [0.3, 0.4) is 0 Å². The van der Waals surface area contributed by atoms with Gasteiger partial charge in [-0.25, -0.2) is 9.89 Å². The minimum absolute atomic E-state index is 0.0164. The number of Topliss-reactive ketones (excluding diaryl/α,β-unsaturated/α-hetero) is 1. The Balaban J connectivity index is 1.82. The number of thioether (sulfide) groups is 1. The third kappa shape index (κ3) is 3.07. The number of aryl methyl sites for hydroxylation is 1. The predicted molar refractivity (Wildman–Crippen MR) is 112 cm³/mol. The van der Waals surface area contributed by atoms with E-state index in [0.29, 0.717) is 5.16 Å². The van der Waals surface area contributed by atoms with Crippen LogP contribution in [0.15, 0.2) is 64.5 Å². The van der Waals surface area contributed by atoms with Gasteiger partial charge in [-0.3, -0.25) is 9.36 Å². The van der Waals surface area contributed by atoms with E-state index in [-0.39, 0.29) is 17.2 Å². The van der Waals surface area contributed by atoms with Gasteiger partial charge in [0.15, 0.2) is 10.9 Å². The van der Waals surface area contributed by atoms with Crippen LogP contribution in [0, 0.1) is 0 Å². The van der Waals surface area contributed by atoms with Gasteiger partial charge in [-0.1, -0.05) is 60.3 Å². The van der Waals surface area contributed by atoms with Crippen molar-refractivity contribution in [3.63, 3.8) is 0 Å². The Bertz CT molecular complexity index is 1200. The molecule has 0 unspecified atom stereocenters. The van der Waals surface area contributed by atoms with Crippen molar-refractivity contribution < 1.29 is 4.79 Å². The average molecular weight is 392 g/mol. The first-order valence-corrected chi connectivity index (χ1v) is 10.0. The van der Waals surface area contributed by atoms with Gasteiger partial charge in [0, 0.05) is 24.5 Å². The van der Waals surface area contributed by atoms with Crippen LogP contribution >= 0.6 is 11.8 Å². The van der Waals surface area contributed by atoms with Gasteiger partial charge in [-0.15, -0.1) is 5.10 Å². The first kappa shape index (κ1) is 18.3. The molecule has 2 aromatic heterocycles. The third-order valence-electron chi connectivity index (χ3n) is 4.78. The molecule has 2 aromatic carbocycles. The molecule has 0 radical (unpaired) electrons. The fraction of sp³-hybridized carbons (Fsp3) is 0.190. The van der Waals surface area contributed by atoms with Gasteiger partial charge < -0.3 is 4.57 Å². The van der Waals surface area contributed by atoms with Crippen molar-refractivity contribution in [3.8, 4) is 11.3 Å². The van der Waals surface area contributed by atoms with E-state index in [9.17, 15) is 9.59 Å². The largest absolute Gasteiger partial charge is 0.343 e. The third-order valence-corrected chi connectivity index (χ3v) is 5.81. The highest BCUT2D eigenvalue weighted by Crippen LogP contribution is 2.35. The lowest BCUT2D eigenvalue weighted by Gasteiger charge is -2.10. The molecule has 4 rings (SSSR count). The zero-order valence-electron chi connectivity index (χ0n) is 15.7. The number of aromatic nitrogens is 4. The van der Waals surface area contributed by atoms with Crippen LogP contribution in [-0.4, -0.2) is 30.9 Å². The number of aromatic amines is 1. The van der Waals surface area contributed by atoms with Crippen LogP contribution in [0.1, 0.15) is 17.3 Å². The summed E-state index contributed by atoms with van der Waals surface area (Å²) in [6, 6.07) is 18.0. The molecular formula is C21H20N4O2S. The molecule has 0 saturated heterocycles. The van der Waals surface area contributed by atoms with E-state index in [1.165, 1.54) is 16.3 Å². The predicted octanol–water partition coefficient (Wildman–Crippen LogP) is 3.73. The Labute approximate surface area is 166 Å². The Kier molecular flexibility index (Phi) is 4.92. The molecule has 2 heterocycles. The summed E-state index contributed by atoms with van der Waals surface area (Å²) in [6.07, 6.45) is 0. The first-order valence-electron chi connectivity index (χ1n) is 9.05. The Morgan fingerprint density at radius 1 is 1.11 bits per heavy atom. The van der Waals surface area contributed by atoms with E-state index >= 15 is 0 Å². The number of hydrogen-bond donors (Lipinski definition) is 1. The van der Waals surface area contributed by atoms with Crippen molar-refractivity contribution in [1.29, 1.82) is 0 Å². The van der Waals surface area contributed by atoms with Gasteiger partial charge in [0.2, 0.25) is 0 Å². The lowest BCUT2D eigenvalue weighted by Crippen LogP contribution is -2.13. The zero-order chi connectivity index (χ0) is 19.7. The minimum Gasteiger partial charge on any atom is -0.340 e. The second-order valence-electron chi connectivity index (χ2n) is 6.43. The first-order chi connectivity index (χ1) is 13.6. The summed E-state index contributed by atoms with van der Waals surface area (Å²) in [7, 11) is 1.64. The van der Waals surface area contributed by atoms with E-state index in [2.05, 4.69) is 21.7 Å². The molecule has 0 spiro atoms. The summed E-state index contributed by atoms with van der Waals surface area (Å²) in [6.45, 7) is 2.85. The lowest BCUT2D eigenvalue weighted by molar-refractivity contribution is 0.102. The van der Waals surface area contributed by atoms with Crippen molar-refractivity contribution in [2.45, 2.75) is 18.6 Å². The van der Waals surface area contributed by atoms with Gasteiger partial charge >= 0.3 is 5.69 Å². The number of para-hydroxylation sites is 1. The summed E-state index contributed by atoms with van der Waals surface area (Å²) < 4.78 is 3.60. The second kappa shape index (κ2) is 7.52. The van der Waals surface area contributed by atoms with Crippen molar-refractivity contribution >= 4 is 28.4 Å². The van der Waals surface area contributed by atoms with Crippen molar-refractivity contribution in [1.82, 2.24) is 19.3 Å². The SMILES string of the molecule is CCn1c(-c2ccccc2)c(C(=O)CSc2n[nH]c(=O)n2C)c2ccccc21. The molecule has 1 N–H and O–H groups in total. The molecule has 28 heavy (non-hydrogen) atoms. The molecule has 0 aliphatic rings. The number of carbonyl (C=O) groups is 1. The number of carbonyl (C=O) groups excluding carboxylic acids is 1. The number of nitrogens with one attached hydrogen (secondary N) is 1. The van der Waals surface area contributed by atoms with Gasteiger partial charge in [0.05, 0.1) is 17.0 Å². The highest BCUT2D eigenvalue weighted by Gasteiger charge is 2.23. The summed E-state index contributed by atoms with van der Waals surface area (Å²) in [5.41, 5.74) is 3.43. The molecule has 0 aliphatic heterocycles. The van der Waals surface area contributed by atoms with E-state index in [0.717, 1.165) is 34.3 Å². The number of fused-ring (bicyclic) bond motifs is 1. The molecule has 6 nitrogen and oxygen atoms in total. The number of rotatable bonds is 6. The number of nitrogens with zero attached hydrogens (tertiary/aromatic N) is 3. The average Bonchev–Trinajstić information content (AvgIpc) is 3.24. The normalized spacial score (nSPS) is 11.2. The van der Waals surface area contributed by atoms with E-state index < -0.39 is 0 Å². The topological polar surface area (TPSA) is 72.7 Å².